The van der Waals surface area contributed by atoms with E-state index in [2.05, 4.69) is 5.32 Å². The highest BCUT2D eigenvalue weighted by Gasteiger charge is 2.48. The zero-order valence-electron chi connectivity index (χ0n) is 8.84. The smallest absolute Gasteiger partial charge is 0.307 e. The van der Waals surface area contributed by atoms with Crippen LogP contribution in [0.2, 0.25) is 0 Å². The molecule has 0 aromatic carbocycles. The van der Waals surface area contributed by atoms with E-state index >= 15 is 0 Å². The Kier molecular flexibility index (Phi) is 2.96. The predicted octanol–water partition coefficient (Wildman–Crippen LogP) is 1.65. The van der Waals surface area contributed by atoms with E-state index in [1.807, 2.05) is 23.8 Å². The summed E-state index contributed by atoms with van der Waals surface area (Å²) in [5.41, 5.74) is 1.06. The third-order valence-electron chi connectivity index (χ3n) is 2.85. The van der Waals surface area contributed by atoms with Gasteiger partial charge in [0, 0.05) is 0 Å². The number of carbonyl (C=O) groups excluding carboxylic acids is 1. The van der Waals surface area contributed by atoms with Crippen molar-refractivity contribution in [1.29, 1.82) is 0 Å². The number of hydrogen-bond donors (Lipinski definition) is 2. The van der Waals surface area contributed by atoms with Gasteiger partial charge in [-0.2, -0.15) is 11.3 Å². The first-order chi connectivity index (χ1) is 7.59. The zero-order valence-corrected chi connectivity index (χ0v) is 9.66. The summed E-state index contributed by atoms with van der Waals surface area (Å²) in [6.45, 7) is 1.90. The Hall–Kier alpha value is -1.36. The standard InChI is InChI=1S/C11H13NO3S/c1-6(7-2-3-16-5-7)12-10(13)8-4-9(8)11(14)15/h2-3,5-6,8-9H,4H2,1H3,(H,12,13)(H,14,15). The van der Waals surface area contributed by atoms with Crippen LogP contribution in [0.1, 0.15) is 24.9 Å². The van der Waals surface area contributed by atoms with Crippen molar-refractivity contribution in [1.82, 2.24) is 5.32 Å². The highest BCUT2D eigenvalue weighted by atomic mass is 32.1. The van der Waals surface area contributed by atoms with Crippen LogP contribution in [0.25, 0.3) is 0 Å². The SMILES string of the molecule is CC(NC(=O)C1CC1C(=O)O)c1ccsc1. The molecule has 1 amide bonds. The van der Waals surface area contributed by atoms with E-state index in [0.717, 1.165) is 5.56 Å². The number of carboxylic acids is 1. The molecular formula is C11H13NO3S. The Labute approximate surface area is 97.3 Å². The number of carboxylic acid groups (broad SMARTS) is 1. The lowest BCUT2D eigenvalue weighted by molar-refractivity contribution is -0.140. The molecule has 4 nitrogen and oxygen atoms in total. The predicted molar refractivity (Wildman–Crippen MR) is 60.1 cm³/mol. The summed E-state index contributed by atoms with van der Waals surface area (Å²) in [5, 5.41) is 15.5. The number of amides is 1. The molecule has 0 bridgehead atoms. The summed E-state index contributed by atoms with van der Waals surface area (Å²) in [4.78, 5) is 22.3. The van der Waals surface area contributed by atoms with Crippen LogP contribution in [0.4, 0.5) is 0 Å². The van der Waals surface area contributed by atoms with Crippen LogP contribution in [0, 0.1) is 11.8 Å². The molecule has 86 valence electrons. The van der Waals surface area contributed by atoms with Gasteiger partial charge in [-0.05, 0) is 35.7 Å². The van der Waals surface area contributed by atoms with Crippen molar-refractivity contribution in [3.05, 3.63) is 22.4 Å². The van der Waals surface area contributed by atoms with E-state index in [4.69, 9.17) is 5.11 Å². The highest BCUT2D eigenvalue weighted by molar-refractivity contribution is 7.07. The molecule has 1 fully saturated rings. The molecule has 0 saturated heterocycles. The molecule has 1 aliphatic rings. The maximum atomic E-state index is 11.7. The molecule has 1 aliphatic carbocycles. The van der Waals surface area contributed by atoms with Gasteiger partial charge in [-0.25, -0.2) is 0 Å². The lowest BCUT2D eigenvalue weighted by atomic mass is 10.1. The van der Waals surface area contributed by atoms with Gasteiger partial charge in [0.25, 0.3) is 0 Å². The maximum Gasteiger partial charge on any atom is 0.307 e. The number of carbonyl (C=O) groups is 2. The number of thiophene rings is 1. The first-order valence-electron chi connectivity index (χ1n) is 5.15. The van der Waals surface area contributed by atoms with E-state index < -0.39 is 11.9 Å². The van der Waals surface area contributed by atoms with Crippen LogP contribution in [-0.4, -0.2) is 17.0 Å². The molecule has 3 atom stereocenters. The van der Waals surface area contributed by atoms with Crippen LogP contribution in [0.3, 0.4) is 0 Å². The molecule has 1 aromatic rings. The van der Waals surface area contributed by atoms with Gasteiger partial charge in [0.05, 0.1) is 17.9 Å². The third-order valence-corrected chi connectivity index (χ3v) is 3.55. The first kappa shape index (κ1) is 11.1. The molecule has 2 rings (SSSR count). The molecular weight excluding hydrogens is 226 g/mol. The molecule has 0 aliphatic heterocycles. The van der Waals surface area contributed by atoms with Crippen LogP contribution in [0.15, 0.2) is 16.8 Å². The monoisotopic (exact) mass is 239 g/mol. The first-order valence-corrected chi connectivity index (χ1v) is 6.09. The van der Waals surface area contributed by atoms with Crippen LogP contribution < -0.4 is 5.32 Å². The fourth-order valence-electron chi connectivity index (χ4n) is 1.68. The Morgan fingerprint density at radius 1 is 1.56 bits per heavy atom. The summed E-state index contributed by atoms with van der Waals surface area (Å²) in [7, 11) is 0. The van der Waals surface area contributed by atoms with Gasteiger partial charge < -0.3 is 10.4 Å². The molecule has 0 radical (unpaired) electrons. The lowest BCUT2D eigenvalue weighted by Gasteiger charge is -2.12. The molecule has 3 unspecified atom stereocenters. The second kappa shape index (κ2) is 4.25. The van der Waals surface area contributed by atoms with Crippen molar-refractivity contribution in [3.63, 3.8) is 0 Å². The van der Waals surface area contributed by atoms with E-state index in [-0.39, 0.29) is 17.9 Å². The summed E-state index contributed by atoms with van der Waals surface area (Å²) in [5.74, 6) is -1.83. The number of rotatable bonds is 4. The van der Waals surface area contributed by atoms with Crippen molar-refractivity contribution >= 4 is 23.2 Å². The van der Waals surface area contributed by atoms with Crippen LogP contribution in [-0.2, 0) is 9.59 Å². The Bertz CT molecular complexity index is 401. The molecule has 1 heterocycles. The Morgan fingerprint density at radius 3 is 2.81 bits per heavy atom. The molecule has 1 saturated carbocycles. The van der Waals surface area contributed by atoms with E-state index in [1.54, 1.807) is 11.3 Å². The topological polar surface area (TPSA) is 66.4 Å². The zero-order chi connectivity index (χ0) is 11.7. The Balaban J connectivity index is 1.87. The summed E-state index contributed by atoms with van der Waals surface area (Å²) < 4.78 is 0. The van der Waals surface area contributed by atoms with Gasteiger partial charge in [0.1, 0.15) is 0 Å². The second-order valence-electron chi connectivity index (χ2n) is 4.07. The Morgan fingerprint density at radius 2 is 2.31 bits per heavy atom. The molecule has 0 spiro atoms. The number of nitrogens with one attached hydrogen (secondary N) is 1. The minimum Gasteiger partial charge on any atom is -0.481 e. The average molecular weight is 239 g/mol. The third kappa shape index (κ3) is 2.24. The van der Waals surface area contributed by atoms with E-state index in [1.165, 1.54) is 0 Å². The highest BCUT2D eigenvalue weighted by Crippen LogP contribution is 2.39. The van der Waals surface area contributed by atoms with E-state index in [0.29, 0.717) is 6.42 Å². The largest absolute Gasteiger partial charge is 0.481 e. The van der Waals surface area contributed by atoms with Gasteiger partial charge in [0.2, 0.25) is 5.91 Å². The maximum absolute atomic E-state index is 11.7. The number of hydrogen-bond acceptors (Lipinski definition) is 3. The fourth-order valence-corrected chi connectivity index (χ4v) is 2.44. The van der Waals surface area contributed by atoms with Crippen molar-refractivity contribution in [2.24, 2.45) is 11.8 Å². The summed E-state index contributed by atoms with van der Waals surface area (Å²) in [6, 6.07) is 1.91. The number of aliphatic carboxylic acids is 1. The van der Waals surface area contributed by atoms with Crippen LogP contribution in [0.5, 0.6) is 0 Å². The summed E-state index contributed by atoms with van der Waals surface area (Å²) >= 11 is 1.58. The van der Waals surface area contributed by atoms with Crippen molar-refractivity contribution < 1.29 is 14.7 Å². The molecule has 16 heavy (non-hydrogen) atoms. The van der Waals surface area contributed by atoms with Crippen LogP contribution >= 0.6 is 11.3 Å². The van der Waals surface area contributed by atoms with Crippen molar-refractivity contribution in [2.75, 3.05) is 0 Å². The quantitative estimate of drug-likeness (QED) is 0.839. The summed E-state index contributed by atoms with van der Waals surface area (Å²) in [6.07, 6.45) is 0.470. The van der Waals surface area contributed by atoms with Gasteiger partial charge in [-0.3, -0.25) is 9.59 Å². The van der Waals surface area contributed by atoms with Crippen molar-refractivity contribution in [2.45, 2.75) is 19.4 Å². The minimum atomic E-state index is -0.872. The van der Waals surface area contributed by atoms with E-state index in [9.17, 15) is 9.59 Å². The molecule has 1 aromatic heterocycles. The molecule has 2 N–H and O–H groups in total. The molecule has 5 heteroatoms. The van der Waals surface area contributed by atoms with Gasteiger partial charge in [-0.1, -0.05) is 0 Å². The fraction of sp³-hybridized carbons (Fsp3) is 0.455. The lowest BCUT2D eigenvalue weighted by Crippen LogP contribution is -2.28. The normalized spacial score (nSPS) is 24.8. The minimum absolute atomic E-state index is 0.0474. The van der Waals surface area contributed by atoms with Crippen molar-refractivity contribution in [3.8, 4) is 0 Å². The second-order valence-corrected chi connectivity index (χ2v) is 4.85. The van der Waals surface area contributed by atoms with Gasteiger partial charge in [0.15, 0.2) is 0 Å². The van der Waals surface area contributed by atoms with Gasteiger partial charge in [-0.15, -0.1) is 0 Å². The average Bonchev–Trinajstić information content (AvgIpc) is 2.85. The van der Waals surface area contributed by atoms with Gasteiger partial charge >= 0.3 is 5.97 Å².